The van der Waals surface area contributed by atoms with Crippen molar-refractivity contribution in [3.05, 3.63) is 24.3 Å². The number of rotatable bonds is 3. The van der Waals surface area contributed by atoms with E-state index in [2.05, 4.69) is 13.5 Å². The lowest BCUT2D eigenvalue weighted by atomic mass is 9.48. The lowest BCUT2D eigenvalue weighted by Crippen LogP contribution is -2.52. The molecule has 0 aromatic rings. The first-order chi connectivity index (χ1) is 9.75. The smallest absolute Gasteiger partial charge is 0.309 e. The topological polar surface area (TPSA) is 63.6 Å². The molecule has 1 saturated carbocycles. The quantitative estimate of drug-likeness (QED) is 0.811. The summed E-state index contributed by atoms with van der Waals surface area (Å²) in [6, 6.07) is 0. The first-order valence-corrected chi connectivity index (χ1v) is 7.43. The van der Waals surface area contributed by atoms with Crippen molar-refractivity contribution in [1.82, 2.24) is 0 Å². The van der Waals surface area contributed by atoms with Gasteiger partial charge in [-0.3, -0.25) is 9.59 Å². The molecule has 1 N–H and O–H groups in total. The average molecular weight is 292 g/mol. The average Bonchev–Trinajstić information content (AvgIpc) is 2.42. The number of fused-ring (bicyclic) bond motifs is 1. The number of carbonyl (C=O) groups is 2. The van der Waals surface area contributed by atoms with Gasteiger partial charge in [0.05, 0.1) is 18.9 Å². The van der Waals surface area contributed by atoms with Gasteiger partial charge in [0.2, 0.25) is 0 Å². The van der Waals surface area contributed by atoms with Crippen LogP contribution in [0.25, 0.3) is 0 Å². The second kappa shape index (κ2) is 5.32. The number of aliphatic carboxylic acids is 1. The molecule has 4 nitrogen and oxygen atoms in total. The summed E-state index contributed by atoms with van der Waals surface area (Å²) < 4.78 is 4.80. The van der Waals surface area contributed by atoms with Gasteiger partial charge in [0.1, 0.15) is 0 Å². The molecule has 0 amide bonds. The lowest BCUT2D eigenvalue weighted by molar-refractivity contribution is -0.159. The Labute approximate surface area is 125 Å². The summed E-state index contributed by atoms with van der Waals surface area (Å²) >= 11 is 0. The highest BCUT2D eigenvalue weighted by molar-refractivity contribution is 5.76. The van der Waals surface area contributed by atoms with Crippen LogP contribution in [0.1, 0.15) is 39.5 Å². The molecule has 0 saturated heterocycles. The van der Waals surface area contributed by atoms with E-state index in [1.165, 1.54) is 7.11 Å². The van der Waals surface area contributed by atoms with Gasteiger partial charge in [0.15, 0.2) is 0 Å². The number of carbonyl (C=O) groups excluding carboxylic acids is 1. The van der Waals surface area contributed by atoms with Crippen molar-refractivity contribution in [3.63, 3.8) is 0 Å². The van der Waals surface area contributed by atoms with Crippen molar-refractivity contribution in [2.24, 2.45) is 22.7 Å². The maximum atomic E-state index is 11.8. The maximum absolute atomic E-state index is 11.8. The van der Waals surface area contributed by atoms with E-state index in [1.54, 1.807) is 0 Å². The van der Waals surface area contributed by atoms with E-state index < -0.39 is 11.4 Å². The molecule has 0 aliphatic heterocycles. The second-order valence-corrected chi connectivity index (χ2v) is 6.83. The van der Waals surface area contributed by atoms with Crippen molar-refractivity contribution in [2.75, 3.05) is 7.11 Å². The molecule has 4 heteroatoms. The van der Waals surface area contributed by atoms with Crippen LogP contribution in [0.15, 0.2) is 24.3 Å². The van der Waals surface area contributed by atoms with Crippen molar-refractivity contribution >= 4 is 11.9 Å². The zero-order valence-electron chi connectivity index (χ0n) is 13.0. The second-order valence-electron chi connectivity index (χ2n) is 6.83. The van der Waals surface area contributed by atoms with Crippen LogP contribution in [0.3, 0.4) is 0 Å². The van der Waals surface area contributed by atoms with Crippen LogP contribution in [0.5, 0.6) is 0 Å². The Morgan fingerprint density at radius 3 is 2.67 bits per heavy atom. The minimum atomic E-state index is -0.779. The molecule has 0 radical (unpaired) electrons. The van der Waals surface area contributed by atoms with Crippen LogP contribution in [0, 0.1) is 22.7 Å². The highest BCUT2D eigenvalue weighted by atomic mass is 16.5. The standard InChI is InChI=1S/C17H24O4/c1-11-6-7-13-16(2,12(11)10-14(18)21-4)8-5-9-17(13,3)15(19)20/h6-7,12-13H,1,5,8-10H2,2-4H3,(H,19,20)/t12-,13+,16+,17-/m0/s1. The van der Waals surface area contributed by atoms with E-state index in [9.17, 15) is 14.7 Å². The van der Waals surface area contributed by atoms with Gasteiger partial charge in [-0.2, -0.15) is 0 Å². The third-order valence-corrected chi connectivity index (χ3v) is 5.64. The first-order valence-electron chi connectivity index (χ1n) is 7.43. The third-order valence-electron chi connectivity index (χ3n) is 5.64. The molecule has 2 aliphatic rings. The number of hydrogen-bond acceptors (Lipinski definition) is 3. The van der Waals surface area contributed by atoms with Crippen molar-refractivity contribution < 1.29 is 19.4 Å². The van der Waals surface area contributed by atoms with Gasteiger partial charge >= 0.3 is 11.9 Å². The van der Waals surface area contributed by atoms with Crippen LogP contribution in [-0.2, 0) is 14.3 Å². The number of allylic oxidation sites excluding steroid dienone is 3. The van der Waals surface area contributed by atoms with Gasteiger partial charge in [-0.15, -0.1) is 0 Å². The molecular weight excluding hydrogens is 268 g/mol. The van der Waals surface area contributed by atoms with E-state index in [-0.39, 0.29) is 29.6 Å². The number of carboxylic acid groups (broad SMARTS) is 1. The minimum absolute atomic E-state index is 0.0566. The molecule has 2 rings (SSSR count). The molecule has 0 bridgehead atoms. The van der Waals surface area contributed by atoms with Crippen LogP contribution >= 0.6 is 0 Å². The summed E-state index contributed by atoms with van der Waals surface area (Å²) in [6.07, 6.45) is 6.59. The molecule has 116 valence electrons. The Balaban J connectivity index is 2.43. The highest BCUT2D eigenvalue weighted by Crippen LogP contribution is 2.59. The summed E-state index contributed by atoms with van der Waals surface area (Å²) in [5.41, 5.74) is -0.141. The van der Waals surface area contributed by atoms with E-state index in [1.807, 2.05) is 19.1 Å². The van der Waals surface area contributed by atoms with E-state index in [0.29, 0.717) is 6.42 Å². The third kappa shape index (κ3) is 2.41. The Bertz CT molecular complexity index is 507. The van der Waals surface area contributed by atoms with Crippen LogP contribution in [0.2, 0.25) is 0 Å². The van der Waals surface area contributed by atoms with Crippen molar-refractivity contribution in [3.8, 4) is 0 Å². The van der Waals surface area contributed by atoms with Crippen molar-refractivity contribution in [2.45, 2.75) is 39.5 Å². The minimum Gasteiger partial charge on any atom is -0.481 e. The molecule has 0 spiro atoms. The number of methoxy groups -OCH3 is 1. The Kier molecular flexibility index (Phi) is 4.00. The van der Waals surface area contributed by atoms with Gasteiger partial charge in [-0.05, 0) is 37.0 Å². The molecule has 0 heterocycles. The van der Waals surface area contributed by atoms with Gasteiger partial charge in [-0.1, -0.05) is 37.6 Å². The molecule has 2 aliphatic carbocycles. The first kappa shape index (κ1) is 15.8. The molecular formula is C17H24O4. The molecule has 0 aromatic carbocycles. The number of carboxylic acids is 1. The number of esters is 1. The van der Waals surface area contributed by atoms with Gasteiger partial charge < -0.3 is 9.84 Å². The zero-order chi connectivity index (χ0) is 15.8. The fourth-order valence-electron chi connectivity index (χ4n) is 4.31. The fraction of sp³-hybridized carbons (Fsp3) is 0.647. The predicted octanol–water partition coefficient (Wildman–Crippen LogP) is 3.19. The lowest BCUT2D eigenvalue weighted by Gasteiger charge is -2.54. The van der Waals surface area contributed by atoms with Crippen LogP contribution in [-0.4, -0.2) is 24.2 Å². The Morgan fingerprint density at radius 2 is 2.10 bits per heavy atom. The summed E-state index contributed by atoms with van der Waals surface area (Å²) in [5.74, 6) is -1.17. The van der Waals surface area contributed by atoms with Gasteiger partial charge in [0.25, 0.3) is 0 Å². The summed E-state index contributed by atoms with van der Waals surface area (Å²) in [7, 11) is 1.38. The van der Waals surface area contributed by atoms with Crippen molar-refractivity contribution in [1.29, 1.82) is 0 Å². The predicted molar refractivity (Wildman–Crippen MR) is 79.6 cm³/mol. The fourth-order valence-corrected chi connectivity index (χ4v) is 4.31. The maximum Gasteiger partial charge on any atom is 0.309 e. The largest absolute Gasteiger partial charge is 0.481 e. The van der Waals surface area contributed by atoms with Crippen LogP contribution < -0.4 is 0 Å². The zero-order valence-corrected chi connectivity index (χ0v) is 13.0. The monoisotopic (exact) mass is 292 g/mol. The van der Waals surface area contributed by atoms with E-state index >= 15 is 0 Å². The summed E-state index contributed by atoms with van der Waals surface area (Å²) in [6.45, 7) is 7.99. The number of hydrogen-bond donors (Lipinski definition) is 1. The normalized spacial score (nSPS) is 38.7. The summed E-state index contributed by atoms with van der Waals surface area (Å²) in [4.78, 5) is 23.5. The molecule has 1 fully saturated rings. The molecule has 0 aromatic heterocycles. The van der Waals surface area contributed by atoms with Gasteiger partial charge in [-0.25, -0.2) is 0 Å². The van der Waals surface area contributed by atoms with Gasteiger partial charge in [0, 0.05) is 0 Å². The van der Waals surface area contributed by atoms with E-state index in [4.69, 9.17) is 4.74 Å². The number of ether oxygens (including phenoxy) is 1. The van der Waals surface area contributed by atoms with E-state index in [0.717, 1.165) is 18.4 Å². The molecule has 0 unspecified atom stereocenters. The van der Waals surface area contributed by atoms with Crippen LogP contribution in [0.4, 0.5) is 0 Å². The molecule has 4 atom stereocenters. The summed E-state index contributed by atoms with van der Waals surface area (Å²) in [5, 5.41) is 9.68. The SMILES string of the molecule is C=C1C=C[C@@H]2[C@](C)(CCC[C@]2(C)C(=O)O)[C@H]1CC(=O)OC. The molecule has 21 heavy (non-hydrogen) atoms. The highest BCUT2D eigenvalue weighted by Gasteiger charge is 2.56. The Hall–Kier alpha value is -1.58. The Morgan fingerprint density at radius 1 is 1.43 bits per heavy atom.